The Hall–Kier alpha value is -3.00. The highest BCUT2D eigenvalue weighted by Crippen LogP contribution is 2.31. The molecule has 0 heterocycles. The Labute approximate surface area is 142 Å². The number of benzene rings is 2. The van der Waals surface area contributed by atoms with Gasteiger partial charge in [-0.15, -0.1) is 0 Å². The van der Waals surface area contributed by atoms with E-state index >= 15 is 0 Å². The topological polar surface area (TPSA) is 82.2 Å². The fourth-order valence-corrected chi connectivity index (χ4v) is 2.64. The highest BCUT2D eigenvalue weighted by atomic mass is 16.1. The molecule has 0 unspecified atom stereocenters. The first-order valence-corrected chi connectivity index (χ1v) is 7.91. The van der Waals surface area contributed by atoms with Crippen LogP contribution in [0.25, 0.3) is 0 Å². The second-order valence-corrected chi connectivity index (χ2v) is 5.60. The van der Waals surface area contributed by atoms with Crippen molar-refractivity contribution in [3.63, 3.8) is 0 Å². The van der Waals surface area contributed by atoms with Crippen molar-refractivity contribution in [3.8, 4) is 6.07 Å². The number of aryl methyl sites for hydroxylation is 1. The van der Waals surface area contributed by atoms with Crippen LogP contribution in [0.3, 0.4) is 0 Å². The summed E-state index contributed by atoms with van der Waals surface area (Å²) in [5.74, 6) is -0.174. The summed E-state index contributed by atoms with van der Waals surface area (Å²) in [6.45, 7) is 4.36. The van der Waals surface area contributed by atoms with Crippen LogP contribution in [0.4, 0.5) is 17.1 Å². The van der Waals surface area contributed by atoms with Crippen LogP contribution in [-0.2, 0) is 17.8 Å². The molecule has 2 rings (SSSR count). The first kappa shape index (κ1) is 17.4. The lowest BCUT2D eigenvalue weighted by Gasteiger charge is -2.26. The molecule has 3 N–H and O–H groups in total. The number of nitrogens with two attached hydrogens (primary N) is 1. The third-order valence-corrected chi connectivity index (χ3v) is 3.76. The van der Waals surface area contributed by atoms with E-state index in [2.05, 4.69) is 11.4 Å². The molecule has 0 aromatic heterocycles. The molecule has 5 nitrogen and oxygen atoms in total. The first-order chi connectivity index (χ1) is 11.5. The fraction of sp³-hybridized carbons (Fsp3) is 0.263. The van der Waals surface area contributed by atoms with Crippen molar-refractivity contribution in [3.05, 3.63) is 53.6 Å². The molecule has 1 amide bonds. The van der Waals surface area contributed by atoms with E-state index in [0.717, 1.165) is 23.2 Å². The Kier molecular flexibility index (Phi) is 5.80. The maximum Gasteiger partial charge on any atom is 0.221 e. The van der Waals surface area contributed by atoms with Crippen LogP contribution in [0, 0.1) is 11.3 Å². The van der Waals surface area contributed by atoms with Gasteiger partial charge < -0.3 is 16.0 Å². The van der Waals surface area contributed by atoms with Crippen LogP contribution in [-0.4, -0.2) is 12.5 Å². The van der Waals surface area contributed by atoms with E-state index < -0.39 is 0 Å². The minimum atomic E-state index is -0.174. The van der Waals surface area contributed by atoms with E-state index in [4.69, 9.17) is 5.73 Å². The van der Waals surface area contributed by atoms with Crippen LogP contribution < -0.4 is 16.0 Å². The zero-order valence-electron chi connectivity index (χ0n) is 14.0. The molecule has 5 heteroatoms. The Morgan fingerprint density at radius 3 is 2.58 bits per heavy atom. The molecule has 0 radical (unpaired) electrons. The Morgan fingerprint density at radius 1 is 1.29 bits per heavy atom. The normalized spacial score (nSPS) is 10.0. The monoisotopic (exact) mass is 322 g/mol. The summed E-state index contributed by atoms with van der Waals surface area (Å²) in [5.41, 5.74) is 10.2. The smallest absolute Gasteiger partial charge is 0.221 e. The predicted octanol–water partition coefficient (Wildman–Crippen LogP) is 3.32. The molecule has 2 aromatic rings. The van der Waals surface area contributed by atoms with E-state index in [1.165, 1.54) is 6.92 Å². The summed E-state index contributed by atoms with van der Waals surface area (Å²) in [4.78, 5) is 13.4. The number of carbonyl (C=O) groups is 1. The number of nitrogen functional groups attached to an aromatic ring is 1. The minimum Gasteiger partial charge on any atom is -0.397 e. The van der Waals surface area contributed by atoms with Gasteiger partial charge >= 0.3 is 0 Å². The molecular weight excluding hydrogens is 300 g/mol. The predicted molar refractivity (Wildman–Crippen MR) is 97.6 cm³/mol. The van der Waals surface area contributed by atoms with Gasteiger partial charge in [-0.05, 0) is 29.7 Å². The molecule has 0 spiro atoms. The molecule has 0 saturated carbocycles. The molecule has 24 heavy (non-hydrogen) atoms. The van der Waals surface area contributed by atoms with E-state index in [-0.39, 0.29) is 12.5 Å². The van der Waals surface area contributed by atoms with Crippen LogP contribution in [0.1, 0.15) is 25.0 Å². The average Bonchev–Trinajstić information content (AvgIpc) is 2.56. The summed E-state index contributed by atoms with van der Waals surface area (Å²) >= 11 is 0. The molecule has 0 bridgehead atoms. The number of amides is 1. The molecule has 0 saturated heterocycles. The van der Waals surface area contributed by atoms with Crippen LogP contribution in [0.15, 0.2) is 42.5 Å². The second kappa shape index (κ2) is 8.02. The molecule has 0 fully saturated rings. The third-order valence-electron chi connectivity index (χ3n) is 3.76. The number of anilines is 3. The van der Waals surface area contributed by atoms with Gasteiger partial charge in [0, 0.05) is 19.2 Å². The standard InChI is InChI=1S/C19H22N4O/c1-3-16-11-17(21)18(22-14(2)24)12-19(16)23(10-9-20)13-15-7-5-4-6-8-15/h4-8,11-12H,3,10,13,21H2,1-2H3,(H,22,24). The van der Waals surface area contributed by atoms with E-state index in [1.807, 2.05) is 54.3 Å². The fourth-order valence-electron chi connectivity index (χ4n) is 2.64. The summed E-state index contributed by atoms with van der Waals surface area (Å²) in [6, 6.07) is 15.9. The highest BCUT2D eigenvalue weighted by Gasteiger charge is 2.15. The molecule has 0 aliphatic rings. The van der Waals surface area contributed by atoms with E-state index in [9.17, 15) is 10.1 Å². The summed E-state index contributed by atoms with van der Waals surface area (Å²) in [7, 11) is 0. The van der Waals surface area contributed by atoms with Gasteiger partial charge in [0.15, 0.2) is 0 Å². The van der Waals surface area contributed by atoms with Crippen molar-refractivity contribution < 1.29 is 4.79 Å². The van der Waals surface area contributed by atoms with Crippen molar-refractivity contribution in [1.29, 1.82) is 5.26 Å². The molecule has 2 aromatic carbocycles. The summed E-state index contributed by atoms with van der Waals surface area (Å²) in [6.07, 6.45) is 0.788. The van der Waals surface area contributed by atoms with Gasteiger partial charge in [-0.1, -0.05) is 37.3 Å². The van der Waals surface area contributed by atoms with Crippen LogP contribution in [0.2, 0.25) is 0 Å². The second-order valence-electron chi connectivity index (χ2n) is 5.60. The molecule has 0 aliphatic carbocycles. The van der Waals surface area contributed by atoms with Crippen molar-refractivity contribution in [1.82, 2.24) is 0 Å². The minimum absolute atomic E-state index is 0.174. The quantitative estimate of drug-likeness (QED) is 0.631. The maximum atomic E-state index is 11.4. The lowest BCUT2D eigenvalue weighted by molar-refractivity contribution is -0.114. The van der Waals surface area contributed by atoms with Gasteiger partial charge in [0.05, 0.1) is 17.4 Å². The average molecular weight is 322 g/mol. The summed E-state index contributed by atoms with van der Waals surface area (Å²) < 4.78 is 0. The van der Waals surface area contributed by atoms with Gasteiger partial charge in [-0.3, -0.25) is 4.79 Å². The number of rotatable bonds is 6. The Balaban J connectivity index is 2.43. The number of nitriles is 1. The first-order valence-electron chi connectivity index (χ1n) is 7.91. The number of hydrogen-bond acceptors (Lipinski definition) is 4. The maximum absolute atomic E-state index is 11.4. The molecule has 124 valence electrons. The lowest BCUT2D eigenvalue weighted by atomic mass is 10.1. The SMILES string of the molecule is CCc1cc(N)c(NC(C)=O)cc1N(CC#N)Cc1ccccc1. The lowest BCUT2D eigenvalue weighted by Crippen LogP contribution is -2.24. The van der Waals surface area contributed by atoms with Gasteiger partial charge in [0.2, 0.25) is 5.91 Å². The number of nitrogens with one attached hydrogen (secondary N) is 1. The highest BCUT2D eigenvalue weighted by molar-refractivity contribution is 5.93. The van der Waals surface area contributed by atoms with Gasteiger partial charge in [0.25, 0.3) is 0 Å². The number of hydrogen-bond donors (Lipinski definition) is 2. The number of nitrogens with zero attached hydrogens (tertiary/aromatic N) is 2. The Morgan fingerprint density at radius 2 is 2.00 bits per heavy atom. The van der Waals surface area contributed by atoms with E-state index in [0.29, 0.717) is 17.9 Å². The van der Waals surface area contributed by atoms with E-state index in [1.54, 1.807) is 0 Å². The number of carbonyl (C=O) groups excluding carboxylic acids is 1. The molecule has 0 atom stereocenters. The van der Waals surface area contributed by atoms with Crippen LogP contribution >= 0.6 is 0 Å². The van der Waals surface area contributed by atoms with Gasteiger partial charge in [-0.2, -0.15) is 5.26 Å². The van der Waals surface area contributed by atoms with Crippen molar-refractivity contribution in [2.75, 3.05) is 22.5 Å². The Bertz CT molecular complexity index is 750. The van der Waals surface area contributed by atoms with Crippen LogP contribution in [0.5, 0.6) is 0 Å². The van der Waals surface area contributed by atoms with Crippen molar-refractivity contribution in [2.45, 2.75) is 26.8 Å². The largest absolute Gasteiger partial charge is 0.397 e. The third kappa shape index (κ3) is 4.26. The zero-order chi connectivity index (χ0) is 17.5. The van der Waals surface area contributed by atoms with Gasteiger partial charge in [-0.25, -0.2) is 0 Å². The summed E-state index contributed by atoms with van der Waals surface area (Å²) in [5, 5.41) is 12.0. The van der Waals surface area contributed by atoms with Crippen molar-refractivity contribution in [2.24, 2.45) is 0 Å². The van der Waals surface area contributed by atoms with Crippen molar-refractivity contribution >= 4 is 23.0 Å². The van der Waals surface area contributed by atoms with Gasteiger partial charge in [0.1, 0.15) is 6.54 Å². The zero-order valence-corrected chi connectivity index (χ0v) is 14.0. The molecule has 0 aliphatic heterocycles. The molecular formula is C19H22N4O.